The largest absolute Gasteiger partial charge is 0.355 e. The number of hydrogen-bond acceptors (Lipinski definition) is 4. The van der Waals surface area contributed by atoms with Gasteiger partial charge < -0.3 is 10.2 Å². The van der Waals surface area contributed by atoms with Crippen molar-refractivity contribution in [3.05, 3.63) is 22.9 Å². The van der Waals surface area contributed by atoms with Crippen LogP contribution in [0, 0.1) is 23.2 Å². The number of nitrogens with zero attached hydrogens (tertiary/aromatic N) is 3. The van der Waals surface area contributed by atoms with Crippen molar-refractivity contribution in [3.63, 3.8) is 0 Å². The van der Waals surface area contributed by atoms with Crippen LogP contribution in [0.25, 0.3) is 0 Å². The standard InChI is InChI=1S/C17H22N4/c18-8-14-7-12-3-1-2-4-16(12)20-17(14)21-6-5-13-9-19-10-15(13)11-21/h7,13,15,19H,1-6,9-11H2. The van der Waals surface area contributed by atoms with Crippen molar-refractivity contribution >= 4 is 5.82 Å². The van der Waals surface area contributed by atoms with Crippen LogP contribution in [-0.4, -0.2) is 31.2 Å². The number of pyridine rings is 1. The predicted molar refractivity (Wildman–Crippen MR) is 82.3 cm³/mol. The van der Waals surface area contributed by atoms with Gasteiger partial charge in [0.25, 0.3) is 0 Å². The highest BCUT2D eigenvalue weighted by atomic mass is 15.2. The Kier molecular flexibility index (Phi) is 3.31. The molecule has 4 heteroatoms. The number of nitriles is 1. The van der Waals surface area contributed by atoms with E-state index in [1.165, 1.54) is 37.1 Å². The number of anilines is 1. The van der Waals surface area contributed by atoms with Crippen molar-refractivity contribution in [2.45, 2.75) is 32.1 Å². The minimum atomic E-state index is 0.725. The van der Waals surface area contributed by atoms with Gasteiger partial charge in [-0.3, -0.25) is 0 Å². The second-order valence-corrected chi connectivity index (χ2v) is 6.70. The molecule has 0 saturated carbocycles. The van der Waals surface area contributed by atoms with Gasteiger partial charge in [-0.25, -0.2) is 4.98 Å². The van der Waals surface area contributed by atoms with E-state index in [2.05, 4.69) is 22.4 Å². The minimum absolute atomic E-state index is 0.725. The zero-order valence-electron chi connectivity index (χ0n) is 12.4. The lowest BCUT2D eigenvalue weighted by molar-refractivity contribution is 0.347. The van der Waals surface area contributed by atoms with Gasteiger partial charge in [0, 0.05) is 18.8 Å². The first kappa shape index (κ1) is 13.1. The number of piperidine rings is 1. The van der Waals surface area contributed by atoms with Crippen LogP contribution in [0.2, 0.25) is 0 Å². The summed E-state index contributed by atoms with van der Waals surface area (Å²) in [5, 5.41) is 13.0. The molecule has 0 bridgehead atoms. The summed E-state index contributed by atoms with van der Waals surface area (Å²) >= 11 is 0. The summed E-state index contributed by atoms with van der Waals surface area (Å²) in [6, 6.07) is 4.49. The van der Waals surface area contributed by atoms with Gasteiger partial charge in [0.2, 0.25) is 0 Å². The van der Waals surface area contributed by atoms with E-state index in [0.29, 0.717) is 0 Å². The molecule has 0 radical (unpaired) electrons. The van der Waals surface area contributed by atoms with E-state index in [4.69, 9.17) is 4.98 Å². The van der Waals surface area contributed by atoms with Crippen molar-refractivity contribution in [2.75, 3.05) is 31.1 Å². The molecule has 0 spiro atoms. The number of aromatic nitrogens is 1. The van der Waals surface area contributed by atoms with Crippen molar-refractivity contribution in [1.82, 2.24) is 10.3 Å². The normalized spacial score (nSPS) is 27.9. The third kappa shape index (κ3) is 2.30. The van der Waals surface area contributed by atoms with Gasteiger partial charge >= 0.3 is 0 Å². The Morgan fingerprint density at radius 1 is 1.24 bits per heavy atom. The summed E-state index contributed by atoms with van der Waals surface area (Å²) < 4.78 is 0. The fraction of sp³-hybridized carbons (Fsp3) is 0.647. The first-order chi connectivity index (χ1) is 10.3. The number of rotatable bonds is 1. The summed E-state index contributed by atoms with van der Waals surface area (Å²) in [5.41, 5.74) is 3.32. The van der Waals surface area contributed by atoms with Crippen molar-refractivity contribution in [2.24, 2.45) is 11.8 Å². The van der Waals surface area contributed by atoms with Gasteiger partial charge in [-0.1, -0.05) is 0 Å². The maximum absolute atomic E-state index is 9.51. The summed E-state index contributed by atoms with van der Waals surface area (Å²) in [4.78, 5) is 7.27. The molecule has 4 nitrogen and oxygen atoms in total. The molecule has 2 saturated heterocycles. The van der Waals surface area contributed by atoms with Gasteiger partial charge in [0.15, 0.2) is 0 Å². The molecule has 2 aliphatic heterocycles. The molecule has 2 fully saturated rings. The first-order valence-electron chi connectivity index (χ1n) is 8.23. The summed E-state index contributed by atoms with van der Waals surface area (Å²) in [6.45, 7) is 4.39. The molecule has 1 aromatic heterocycles. The summed E-state index contributed by atoms with van der Waals surface area (Å²) in [6.07, 6.45) is 5.86. The third-order valence-electron chi connectivity index (χ3n) is 5.41. The van der Waals surface area contributed by atoms with Crippen LogP contribution >= 0.6 is 0 Å². The smallest absolute Gasteiger partial charge is 0.146 e. The molecular formula is C17H22N4. The van der Waals surface area contributed by atoms with E-state index in [1.807, 2.05) is 0 Å². The molecule has 2 unspecified atom stereocenters. The highest BCUT2D eigenvalue weighted by molar-refractivity contribution is 5.57. The van der Waals surface area contributed by atoms with E-state index >= 15 is 0 Å². The average molecular weight is 282 g/mol. The van der Waals surface area contributed by atoms with Crippen LogP contribution in [0.4, 0.5) is 5.82 Å². The fourth-order valence-electron chi connectivity index (χ4n) is 4.17. The Labute approximate surface area is 126 Å². The predicted octanol–water partition coefficient (Wildman–Crippen LogP) is 1.88. The highest BCUT2D eigenvalue weighted by Gasteiger charge is 2.34. The minimum Gasteiger partial charge on any atom is -0.355 e. The molecule has 3 aliphatic rings. The van der Waals surface area contributed by atoms with E-state index in [0.717, 1.165) is 55.7 Å². The van der Waals surface area contributed by atoms with Gasteiger partial charge in [-0.15, -0.1) is 0 Å². The molecule has 21 heavy (non-hydrogen) atoms. The van der Waals surface area contributed by atoms with Crippen molar-refractivity contribution in [3.8, 4) is 6.07 Å². The zero-order valence-corrected chi connectivity index (χ0v) is 12.4. The molecule has 0 aromatic carbocycles. The lowest BCUT2D eigenvalue weighted by Crippen LogP contribution is -2.41. The Bertz CT molecular complexity index is 589. The molecule has 110 valence electrons. The lowest BCUT2D eigenvalue weighted by atomic mass is 9.88. The number of nitrogens with one attached hydrogen (secondary N) is 1. The first-order valence-corrected chi connectivity index (χ1v) is 8.23. The second-order valence-electron chi connectivity index (χ2n) is 6.70. The summed E-state index contributed by atoms with van der Waals surface area (Å²) in [5.74, 6) is 2.50. The quantitative estimate of drug-likeness (QED) is 0.854. The number of hydrogen-bond donors (Lipinski definition) is 1. The van der Waals surface area contributed by atoms with E-state index < -0.39 is 0 Å². The average Bonchev–Trinajstić information content (AvgIpc) is 3.01. The van der Waals surface area contributed by atoms with E-state index in [-0.39, 0.29) is 0 Å². The third-order valence-corrected chi connectivity index (χ3v) is 5.41. The van der Waals surface area contributed by atoms with Crippen LogP contribution in [-0.2, 0) is 12.8 Å². The Morgan fingerprint density at radius 2 is 2.10 bits per heavy atom. The van der Waals surface area contributed by atoms with E-state index in [9.17, 15) is 5.26 Å². The summed E-state index contributed by atoms with van der Waals surface area (Å²) in [7, 11) is 0. The molecule has 1 aliphatic carbocycles. The number of aryl methyl sites for hydroxylation is 2. The van der Waals surface area contributed by atoms with Gasteiger partial charge in [-0.05, 0) is 68.7 Å². The Morgan fingerprint density at radius 3 is 3.00 bits per heavy atom. The number of fused-ring (bicyclic) bond motifs is 2. The second kappa shape index (κ2) is 5.31. The van der Waals surface area contributed by atoms with E-state index in [1.54, 1.807) is 0 Å². The molecular weight excluding hydrogens is 260 g/mol. The maximum atomic E-state index is 9.51. The molecule has 3 heterocycles. The van der Waals surface area contributed by atoms with Gasteiger partial charge in [-0.2, -0.15) is 5.26 Å². The van der Waals surface area contributed by atoms with Gasteiger partial charge in [0.05, 0.1) is 5.56 Å². The fourth-order valence-corrected chi connectivity index (χ4v) is 4.17. The highest BCUT2D eigenvalue weighted by Crippen LogP contribution is 2.32. The monoisotopic (exact) mass is 282 g/mol. The Hall–Kier alpha value is -1.60. The molecule has 1 N–H and O–H groups in total. The molecule has 0 amide bonds. The zero-order chi connectivity index (χ0) is 14.2. The van der Waals surface area contributed by atoms with Crippen LogP contribution in [0.3, 0.4) is 0 Å². The van der Waals surface area contributed by atoms with Crippen LogP contribution in [0.1, 0.15) is 36.1 Å². The molecule has 4 rings (SSSR count). The molecule has 1 aromatic rings. The Balaban J connectivity index is 1.66. The van der Waals surface area contributed by atoms with Crippen LogP contribution in [0.15, 0.2) is 6.07 Å². The molecule has 2 atom stereocenters. The van der Waals surface area contributed by atoms with Crippen LogP contribution in [0.5, 0.6) is 0 Å². The van der Waals surface area contributed by atoms with Crippen molar-refractivity contribution in [1.29, 1.82) is 5.26 Å². The van der Waals surface area contributed by atoms with Crippen LogP contribution < -0.4 is 10.2 Å². The SMILES string of the molecule is N#Cc1cc2c(nc1N1CCC3CNCC3C1)CCCC2. The van der Waals surface area contributed by atoms with Gasteiger partial charge in [0.1, 0.15) is 11.9 Å². The topological polar surface area (TPSA) is 52.0 Å². The van der Waals surface area contributed by atoms with Crippen molar-refractivity contribution < 1.29 is 0 Å². The lowest BCUT2D eigenvalue weighted by Gasteiger charge is -2.36. The maximum Gasteiger partial charge on any atom is 0.146 e.